The third-order valence-electron chi connectivity index (χ3n) is 7.30. The molecule has 180 valence electrons. The van der Waals surface area contributed by atoms with Gasteiger partial charge < -0.3 is 14.4 Å². The zero-order valence-corrected chi connectivity index (χ0v) is 20.2. The van der Waals surface area contributed by atoms with Crippen LogP contribution in [0.4, 0.5) is 0 Å². The Bertz CT molecular complexity index is 1560. The smallest absolute Gasteiger partial charge is 0.270 e. The van der Waals surface area contributed by atoms with Gasteiger partial charge in [-0.15, -0.1) is 0 Å². The van der Waals surface area contributed by atoms with Crippen molar-refractivity contribution in [3.63, 3.8) is 0 Å². The summed E-state index contributed by atoms with van der Waals surface area (Å²) in [7, 11) is 1.81. The molecule has 2 aromatic carbocycles. The minimum Gasteiger partial charge on any atom is -0.326 e. The van der Waals surface area contributed by atoms with Gasteiger partial charge in [0.2, 0.25) is 0 Å². The molecule has 6 rings (SSSR count). The maximum Gasteiger partial charge on any atom is 0.270 e. The maximum atomic E-state index is 13.6. The van der Waals surface area contributed by atoms with Crippen molar-refractivity contribution >= 4 is 22.6 Å². The van der Waals surface area contributed by atoms with Crippen LogP contribution >= 0.6 is 0 Å². The van der Waals surface area contributed by atoms with Gasteiger partial charge in [-0.25, -0.2) is 4.98 Å². The number of nitrogens with zero attached hydrogens (tertiary/aromatic N) is 4. The van der Waals surface area contributed by atoms with Crippen LogP contribution in [0.5, 0.6) is 0 Å². The second-order valence-corrected chi connectivity index (χ2v) is 9.38. The van der Waals surface area contributed by atoms with Gasteiger partial charge in [0, 0.05) is 24.4 Å². The monoisotopic (exact) mass is 478 g/mol. The van der Waals surface area contributed by atoms with Crippen LogP contribution in [-0.4, -0.2) is 50.9 Å². The van der Waals surface area contributed by atoms with Crippen LogP contribution < -0.4 is 10.5 Å². The quantitative estimate of drug-likeness (QED) is 0.431. The van der Waals surface area contributed by atoms with E-state index in [2.05, 4.69) is 53.5 Å². The average molecular weight is 479 g/mol. The van der Waals surface area contributed by atoms with E-state index in [1.165, 1.54) is 20.4 Å². The van der Waals surface area contributed by atoms with Crippen LogP contribution in [0.2, 0.25) is 0 Å². The lowest BCUT2D eigenvalue weighted by atomic mass is 9.96. The number of amides is 1. The molecule has 3 aromatic heterocycles. The summed E-state index contributed by atoms with van der Waals surface area (Å²) in [5.74, 6) is -0.0565. The van der Waals surface area contributed by atoms with Crippen molar-refractivity contribution in [2.24, 2.45) is 7.05 Å². The second-order valence-electron chi connectivity index (χ2n) is 9.38. The number of carbonyl (C=O) groups excluding carboxylic acids is 1. The lowest BCUT2D eigenvalue weighted by Crippen LogP contribution is -3.15. The van der Waals surface area contributed by atoms with Gasteiger partial charge >= 0.3 is 0 Å². The third kappa shape index (κ3) is 3.78. The van der Waals surface area contributed by atoms with Gasteiger partial charge in [-0.1, -0.05) is 66.7 Å². The van der Waals surface area contributed by atoms with Gasteiger partial charge in [-0.05, 0) is 18.2 Å². The number of fused-ring (bicyclic) bond motifs is 2. The molecule has 0 spiro atoms. The molecule has 7 nitrogen and oxygen atoms in total. The molecule has 1 aliphatic heterocycles. The summed E-state index contributed by atoms with van der Waals surface area (Å²) in [6, 6.07) is 28.6. The Morgan fingerprint density at radius 1 is 0.889 bits per heavy atom. The molecule has 0 atom stereocenters. The molecule has 4 heterocycles. The molecule has 36 heavy (non-hydrogen) atoms. The summed E-state index contributed by atoms with van der Waals surface area (Å²) < 4.78 is 3.27. The highest BCUT2D eigenvalue weighted by Crippen LogP contribution is 2.20. The number of hydrogen-bond donors (Lipinski definition) is 1. The molecule has 1 fully saturated rings. The van der Waals surface area contributed by atoms with Crippen LogP contribution in [0.15, 0.2) is 95.9 Å². The van der Waals surface area contributed by atoms with E-state index in [1.54, 1.807) is 29.0 Å². The standard InChI is InChI=1S/C29H27N5O2/c1-31-24(20-23-27(31)30-25-14-8-9-15-34(25)28(23)35)29(36)33-18-16-32(17-19-33)26(21-10-4-2-5-11-21)22-12-6-3-7-13-22/h2-15,20,26H,16-19H2,1H3/p+1. The van der Waals surface area contributed by atoms with E-state index in [-0.39, 0.29) is 17.5 Å². The molecule has 0 radical (unpaired) electrons. The van der Waals surface area contributed by atoms with E-state index < -0.39 is 0 Å². The fourth-order valence-electron chi connectivity index (χ4n) is 5.43. The molecular formula is C29H28N5O2+. The Labute approximate surface area is 208 Å². The average Bonchev–Trinajstić information content (AvgIpc) is 3.26. The minimum absolute atomic E-state index is 0.0565. The Balaban J connectivity index is 1.27. The molecule has 7 heteroatoms. The molecule has 1 amide bonds. The van der Waals surface area contributed by atoms with Crippen molar-refractivity contribution in [1.29, 1.82) is 0 Å². The number of nitrogens with one attached hydrogen (secondary N) is 1. The van der Waals surface area contributed by atoms with Gasteiger partial charge in [0.25, 0.3) is 11.5 Å². The van der Waals surface area contributed by atoms with Crippen molar-refractivity contribution < 1.29 is 9.69 Å². The molecular weight excluding hydrogens is 450 g/mol. The molecule has 5 aromatic rings. The van der Waals surface area contributed by atoms with E-state index in [9.17, 15) is 9.59 Å². The zero-order chi connectivity index (χ0) is 24.6. The predicted octanol–water partition coefficient (Wildman–Crippen LogP) is 2.32. The molecule has 0 bridgehead atoms. The fraction of sp³-hybridized carbons (Fsp3) is 0.207. The summed E-state index contributed by atoms with van der Waals surface area (Å²) in [5, 5.41) is 0.460. The largest absolute Gasteiger partial charge is 0.326 e. The van der Waals surface area contributed by atoms with Crippen LogP contribution in [0.1, 0.15) is 27.7 Å². The van der Waals surface area contributed by atoms with Crippen LogP contribution in [0.25, 0.3) is 16.7 Å². The fourth-order valence-corrected chi connectivity index (χ4v) is 5.43. The molecule has 1 N–H and O–H groups in total. The Kier molecular flexibility index (Phi) is 5.62. The summed E-state index contributed by atoms with van der Waals surface area (Å²) in [6.45, 7) is 2.99. The summed E-state index contributed by atoms with van der Waals surface area (Å²) in [5.41, 5.74) is 4.01. The minimum atomic E-state index is -0.159. The number of pyridine rings is 1. The predicted molar refractivity (Wildman–Crippen MR) is 139 cm³/mol. The first-order valence-electron chi connectivity index (χ1n) is 12.3. The lowest BCUT2D eigenvalue weighted by Gasteiger charge is -2.37. The van der Waals surface area contributed by atoms with Crippen LogP contribution in [0.3, 0.4) is 0 Å². The maximum absolute atomic E-state index is 13.6. The van der Waals surface area contributed by atoms with Gasteiger partial charge in [0.05, 0.1) is 31.6 Å². The van der Waals surface area contributed by atoms with Crippen LogP contribution in [-0.2, 0) is 7.05 Å². The summed E-state index contributed by atoms with van der Waals surface area (Å²) >= 11 is 0. The summed E-state index contributed by atoms with van der Waals surface area (Å²) in [6.07, 6.45) is 1.70. The van der Waals surface area contributed by atoms with Gasteiger partial charge in [-0.3, -0.25) is 14.0 Å². The number of quaternary nitrogens is 1. The zero-order valence-electron chi connectivity index (χ0n) is 20.2. The topological polar surface area (TPSA) is 64.0 Å². The first kappa shape index (κ1) is 22.2. The number of piperazine rings is 1. The number of aromatic nitrogens is 3. The number of aryl methyl sites for hydroxylation is 1. The Hall–Kier alpha value is -4.23. The number of hydrogen-bond acceptors (Lipinski definition) is 3. The lowest BCUT2D eigenvalue weighted by molar-refractivity contribution is -0.929. The molecule has 0 aliphatic carbocycles. The highest BCUT2D eigenvalue weighted by Gasteiger charge is 2.32. The third-order valence-corrected chi connectivity index (χ3v) is 7.30. The van der Waals surface area contributed by atoms with E-state index in [0.717, 1.165) is 13.1 Å². The second kappa shape index (κ2) is 9.09. The van der Waals surface area contributed by atoms with E-state index in [1.807, 2.05) is 30.1 Å². The Morgan fingerprint density at radius 3 is 2.14 bits per heavy atom. The van der Waals surface area contributed by atoms with E-state index in [0.29, 0.717) is 35.5 Å². The molecule has 0 saturated carbocycles. The van der Waals surface area contributed by atoms with E-state index >= 15 is 0 Å². The Morgan fingerprint density at radius 2 is 1.50 bits per heavy atom. The van der Waals surface area contributed by atoms with Gasteiger partial charge in [-0.2, -0.15) is 0 Å². The van der Waals surface area contributed by atoms with Crippen molar-refractivity contribution in [2.75, 3.05) is 26.2 Å². The molecule has 0 unspecified atom stereocenters. The number of rotatable bonds is 4. The van der Waals surface area contributed by atoms with Gasteiger partial charge in [0.15, 0.2) is 0 Å². The van der Waals surface area contributed by atoms with Crippen molar-refractivity contribution in [1.82, 2.24) is 18.9 Å². The first-order chi connectivity index (χ1) is 17.6. The van der Waals surface area contributed by atoms with Crippen molar-refractivity contribution in [2.45, 2.75) is 6.04 Å². The number of benzene rings is 2. The van der Waals surface area contributed by atoms with Crippen LogP contribution in [0, 0.1) is 0 Å². The molecule has 1 saturated heterocycles. The number of carbonyl (C=O) groups is 1. The normalized spacial score (nSPS) is 14.7. The first-order valence-corrected chi connectivity index (χ1v) is 12.3. The van der Waals surface area contributed by atoms with Crippen molar-refractivity contribution in [3.05, 3.63) is 118 Å². The van der Waals surface area contributed by atoms with Crippen molar-refractivity contribution in [3.8, 4) is 0 Å². The highest BCUT2D eigenvalue weighted by atomic mass is 16.2. The van der Waals surface area contributed by atoms with Gasteiger partial charge in [0.1, 0.15) is 23.0 Å². The SMILES string of the molecule is Cn1c(C(=O)N2CC[NH+](C(c3ccccc3)c3ccccc3)CC2)cc2c(=O)n3ccccc3nc21. The summed E-state index contributed by atoms with van der Waals surface area (Å²) in [4.78, 5) is 34.6. The van der Waals surface area contributed by atoms with E-state index in [4.69, 9.17) is 0 Å². The molecule has 1 aliphatic rings. The highest BCUT2D eigenvalue weighted by molar-refractivity contribution is 5.98.